The number of methoxy groups -OCH3 is 1. The average molecular weight is 284 g/mol. The Kier molecular flexibility index (Phi) is 3.74. The second-order valence-corrected chi connectivity index (χ2v) is 4.66. The molecule has 0 atom stereocenters. The van der Waals surface area contributed by atoms with E-state index in [1.807, 2.05) is 0 Å². The summed E-state index contributed by atoms with van der Waals surface area (Å²) in [6, 6.07) is 6.39. The summed E-state index contributed by atoms with van der Waals surface area (Å²) in [7, 11) is 1.42. The molecule has 0 spiro atoms. The topological polar surface area (TPSA) is 27.1 Å². The zero-order chi connectivity index (χ0) is 14.9. The molecule has 1 aromatic heterocycles. The molecule has 0 saturated carbocycles. The summed E-state index contributed by atoms with van der Waals surface area (Å²) < 4.78 is 45.9. The first-order valence-electron chi connectivity index (χ1n) is 6.14. The Morgan fingerprint density at radius 2 is 1.85 bits per heavy atom. The fraction of sp³-hybridized carbons (Fsp3) is 0.357. The van der Waals surface area contributed by atoms with Gasteiger partial charge < -0.3 is 4.74 Å². The van der Waals surface area contributed by atoms with Gasteiger partial charge in [0, 0.05) is 17.8 Å². The summed E-state index contributed by atoms with van der Waals surface area (Å²) in [6.45, 7) is 3.55. The van der Waals surface area contributed by atoms with Crippen molar-refractivity contribution in [3.63, 3.8) is 0 Å². The van der Waals surface area contributed by atoms with E-state index in [1.165, 1.54) is 11.8 Å². The lowest BCUT2D eigenvalue weighted by Gasteiger charge is -2.09. The van der Waals surface area contributed by atoms with Gasteiger partial charge >= 0.3 is 6.18 Å². The number of halogens is 3. The number of para-hydroxylation sites is 1. The molecule has 3 nitrogen and oxygen atoms in total. The van der Waals surface area contributed by atoms with Crippen LogP contribution in [-0.4, -0.2) is 16.9 Å². The molecule has 6 heteroatoms. The average Bonchev–Trinajstić information content (AvgIpc) is 2.83. The predicted molar refractivity (Wildman–Crippen MR) is 69.6 cm³/mol. The first-order chi connectivity index (χ1) is 9.34. The lowest BCUT2D eigenvalue weighted by Crippen LogP contribution is -2.05. The highest BCUT2D eigenvalue weighted by Crippen LogP contribution is 2.39. The first kappa shape index (κ1) is 14.4. The number of ether oxygens (including phenoxy) is 1. The van der Waals surface area contributed by atoms with Crippen molar-refractivity contribution < 1.29 is 17.9 Å². The smallest absolute Gasteiger partial charge is 0.420 e. The van der Waals surface area contributed by atoms with Gasteiger partial charge in [-0.15, -0.1) is 0 Å². The van der Waals surface area contributed by atoms with Crippen LogP contribution in [0.5, 0.6) is 5.75 Å². The predicted octanol–water partition coefficient (Wildman–Crippen LogP) is 4.16. The molecule has 0 amide bonds. The minimum atomic E-state index is -4.46. The van der Waals surface area contributed by atoms with Crippen LogP contribution in [0.15, 0.2) is 30.5 Å². The molecule has 2 aromatic rings. The van der Waals surface area contributed by atoms with Crippen molar-refractivity contribution in [3.05, 3.63) is 36.0 Å². The van der Waals surface area contributed by atoms with Crippen LogP contribution < -0.4 is 4.74 Å². The second-order valence-electron chi connectivity index (χ2n) is 4.66. The fourth-order valence-electron chi connectivity index (χ4n) is 1.90. The SMILES string of the molecule is COc1ccccc1-c1nn(C(C)C)cc1C(F)(F)F. The molecule has 0 radical (unpaired) electrons. The number of hydrogen-bond acceptors (Lipinski definition) is 2. The van der Waals surface area contributed by atoms with Crippen LogP contribution >= 0.6 is 0 Å². The minimum absolute atomic E-state index is 0.108. The van der Waals surface area contributed by atoms with E-state index in [0.717, 1.165) is 6.20 Å². The van der Waals surface area contributed by atoms with E-state index < -0.39 is 11.7 Å². The number of alkyl halides is 3. The summed E-state index contributed by atoms with van der Waals surface area (Å²) >= 11 is 0. The van der Waals surface area contributed by atoms with E-state index in [-0.39, 0.29) is 11.7 Å². The van der Waals surface area contributed by atoms with Gasteiger partial charge in [-0.25, -0.2) is 0 Å². The molecule has 0 unspecified atom stereocenters. The van der Waals surface area contributed by atoms with Crippen molar-refractivity contribution in [2.45, 2.75) is 26.1 Å². The van der Waals surface area contributed by atoms with Gasteiger partial charge in [0.2, 0.25) is 0 Å². The standard InChI is InChI=1S/C14H15F3N2O/c1-9(2)19-8-11(14(15,16)17)13(18-19)10-6-4-5-7-12(10)20-3/h4-9H,1-3H3. The monoisotopic (exact) mass is 284 g/mol. The lowest BCUT2D eigenvalue weighted by atomic mass is 10.1. The minimum Gasteiger partial charge on any atom is -0.496 e. The van der Waals surface area contributed by atoms with Gasteiger partial charge in [-0.1, -0.05) is 12.1 Å². The van der Waals surface area contributed by atoms with E-state index in [1.54, 1.807) is 38.1 Å². The van der Waals surface area contributed by atoms with Gasteiger partial charge in [0.1, 0.15) is 17.0 Å². The van der Waals surface area contributed by atoms with E-state index in [4.69, 9.17) is 4.74 Å². The van der Waals surface area contributed by atoms with Crippen LogP contribution in [-0.2, 0) is 6.18 Å². The molecule has 1 aromatic carbocycles. The zero-order valence-corrected chi connectivity index (χ0v) is 11.4. The Balaban J connectivity index is 2.66. The molecule has 0 fully saturated rings. The van der Waals surface area contributed by atoms with Gasteiger partial charge in [0.25, 0.3) is 0 Å². The molecule has 2 rings (SSSR count). The summed E-state index contributed by atoms with van der Waals surface area (Å²) in [6.07, 6.45) is -3.42. The number of aromatic nitrogens is 2. The van der Waals surface area contributed by atoms with Gasteiger partial charge in [0.05, 0.1) is 7.11 Å². The number of hydrogen-bond donors (Lipinski definition) is 0. The molecule has 0 aliphatic rings. The Hall–Kier alpha value is -1.98. The summed E-state index contributed by atoms with van der Waals surface area (Å²) in [5, 5.41) is 4.07. The maximum Gasteiger partial charge on any atom is 0.420 e. The highest BCUT2D eigenvalue weighted by atomic mass is 19.4. The quantitative estimate of drug-likeness (QED) is 0.846. The number of nitrogens with zero attached hydrogens (tertiary/aromatic N) is 2. The van der Waals surface area contributed by atoms with Crippen molar-refractivity contribution in [2.24, 2.45) is 0 Å². The van der Waals surface area contributed by atoms with Crippen LogP contribution in [0.3, 0.4) is 0 Å². The van der Waals surface area contributed by atoms with E-state index in [9.17, 15) is 13.2 Å². The third-order valence-electron chi connectivity index (χ3n) is 2.93. The highest BCUT2D eigenvalue weighted by molar-refractivity contribution is 5.70. The molecule has 0 saturated heterocycles. The van der Waals surface area contributed by atoms with Crippen molar-refractivity contribution in [2.75, 3.05) is 7.11 Å². The van der Waals surface area contributed by atoms with Crippen molar-refractivity contribution >= 4 is 0 Å². The summed E-state index contributed by atoms with van der Waals surface area (Å²) in [4.78, 5) is 0. The van der Waals surface area contributed by atoms with Crippen LogP contribution in [0.25, 0.3) is 11.3 Å². The highest BCUT2D eigenvalue weighted by Gasteiger charge is 2.37. The van der Waals surface area contributed by atoms with Crippen LogP contribution in [0, 0.1) is 0 Å². The maximum absolute atomic E-state index is 13.2. The molecule has 1 heterocycles. The van der Waals surface area contributed by atoms with Crippen LogP contribution in [0.2, 0.25) is 0 Å². The molecular formula is C14H15F3N2O. The third kappa shape index (κ3) is 2.64. The maximum atomic E-state index is 13.2. The van der Waals surface area contributed by atoms with Crippen molar-refractivity contribution in [3.8, 4) is 17.0 Å². The third-order valence-corrected chi connectivity index (χ3v) is 2.93. The Morgan fingerprint density at radius 1 is 1.20 bits per heavy atom. The summed E-state index contributed by atoms with van der Waals surface area (Å²) in [5.41, 5.74) is -0.527. The normalized spacial score (nSPS) is 11.9. The fourth-order valence-corrected chi connectivity index (χ4v) is 1.90. The van der Waals surface area contributed by atoms with Gasteiger partial charge in [0.15, 0.2) is 0 Å². The molecule has 0 aliphatic carbocycles. The molecule has 0 N–H and O–H groups in total. The number of rotatable bonds is 3. The molecular weight excluding hydrogens is 269 g/mol. The molecule has 0 bridgehead atoms. The largest absolute Gasteiger partial charge is 0.496 e. The van der Waals surface area contributed by atoms with Gasteiger partial charge in [-0.2, -0.15) is 18.3 Å². The molecule has 108 valence electrons. The van der Waals surface area contributed by atoms with Crippen LogP contribution in [0.4, 0.5) is 13.2 Å². The molecule has 20 heavy (non-hydrogen) atoms. The Morgan fingerprint density at radius 3 is 2.40 bits per heavy atom. The van der Waals surface area contributed by atoms with Gasteiger partial charge in [-0.3, -0.25) is 4.68 Å². The zero-order valence-electron chi connectivity index (χ0n) is 11.4. The van der Waals surface area contributed by atoms with E-state index in [0.29, 0.717) is 11.3 Å². The first-order valence-corrected chi connectivity index (χ1v) is 6.14. The Bertz CT molecular complexity index is 603. The lowest BCUT2D eigenvalue weighted by molar-refractivity contribution is -0.137. The number of benzene rings is 1. The van der Waals surface area contributed by atoms with Crippen LogP contribution in [0.1, 0.15) is 25.5 Å². The van der Waals surface area contributed by atoms with E-state index >= 15 is 0 Å². The van der Waals surface area contributed by atoms with Gasteiger partial charge in [-0.05, 0) is 26.0 Å². The molecule has 0 aliphatic heterocycles. The van der Waals surface area contributed by atoms with E-state index in [2.05, 4.69) is 5.10 Å². The Labute approximate surface area is 115 Å². The second kappa shape index (κ2) is 5.19. The summed E-state index contributed by atoms with van der Waals surface area (Å²) in [5.74, 6) is 0.368. The van der Waals surface area contributed by atoms with Crippen molar-refractivity contribution in [1.29, 1.82) is 0 Å². The van der Waals surface area contributed by atoms with Crippen molar-refractivity contribution in [1.82, 2.24) is 9.78 Å².